The monoisotopic (exact) mass is 276 g/mol. The fourth-order valence-electron chi connectivity index (χ4n) is 1.97. The third-order valence-electron chi connectivity index (χ3n) is 3.18. The van der Waals surface area contributed by atoms with Gasteiger partial charge in [-0.15, -0.1) is 0 Å². The van der Waals surface area contributed by atoms with Crippen LogP contribution in [-0.4, -0.2) is 45.8 Å². The van der Waals surface area contributed by atoms with E-state index in [1.165, 1.54) is 18.6 Å². The van der Waals surface area contributed by atoms with Crippen LogP contribution in [0.2, 0.25) is 0 Å². The van der Waals surface area contributed by atoms with E-state index in [-0.39, 0.29) is 17.9 Å². The molecule has 0 spiro atoms. The lowest BCUT2D eigenvalue weighted by Crippen LogP contribution is -2.37. The van der Waals surface area contributed by atoms with Crippen LogP contribution >= 0.6 is 0 Å². The van der Waals surface area contributed by atoms with Crippen molar-refractivity contribution in [2.45, 2.75) is 38.6 Å². The van der Waals surface area contributed by atoms with Crippen molar-refractivity contribution in [2.24, 2.45) is 0 Å². The molecule has 0 radical (unpaired) electrons. The number of nitrogens with one attached hydrogen (secondary N) is 1. The average Bonchev–Trinajstić information content (AvgIpc) is 3.30. The van der Waals surface area contributed by atoms with Crippen molar-refractivity contribution in [1.82, 2.24) is 20.2 Å². The highest BCUT2D eigenvalue weighted by molar-refractivity contribution is 5.92. The minimum atomic E-state index is -0.135. The maximum atomic E-state index is 12.3. The summed E-state index contributed by atoms with van der Waals surface area (Å²) in [5, 5.41) is 2.82. The van der Waals surface area contributed by atoms with Gasteiger partial charge < -0.3 is 10.2 Å². The Morgan fingerprint density at radius 2 is 2.20 bits per heavy atom. The third-order valence-corrected chi connectivity index (χ3v) is 3.18. The number of hydrogen-bond acceptors (Lipinski definition) is 4. The first-order valence-corrected chi connectivity index (χ1v) is 7.06. The van der Waals surface area contributed by atoms with Gasteiger partial charge >= 0.3 is 0 Å². The van der Waals surface area contributed by atoms with Gasteiger partial charge in [-0.1, -0.05) is 6.92 Å². The molecule has 1 aromatic heterocycles. The Bertz CT molecular complexity index is 460. The van der Waals surface area contributed by atoms with Crippen LogP contribution in [0.15, 0.2) is 18.6 Å². The molecule has 0 aliphatic heterocycles. The molecule has 1 fully saturated rings. The molecule has 0 atom stereocenters. The van der Waals surface area contributed by atoms with E-state index in [9.17, 15) is 9.59 Å². The van der Waals surface area contributed by atoms with Gasteiger partial charge in [0.05, 0.1) is 6.20 Å². The standard InChI is InChI=1S/C14H20N4O2/c1-2-6-17-13(19)5-9-18(11-3-4-11)14(20)12-10-15-7-8-16-12/h7-8,10-11H,2-6,9H2,1H3,(H,17,19). The molecule has 1 aliphatic carbocycles. The molecule has 20 heavy (non-hydrogen) atoms. The molecule has 2 amide bonds. The number of hydrogen-bond donors (Lipinski definition) is 1. The summed E-state index contributed by atoms with van der Waals surface area (Å²) in [7, 11) is 0. The second-order valence-electron chi connectivity index (χ2n) is 4.92. The summed E-state index contributed by atoms with van der Waals surface area (Å²) in [4.78, 5) is 33.7. The summed E-state index contributed by atoms with van der Waals surface area (Å²) in [6.45, 7) is 3.13. The minimum Gasteiger partial charge on any atom is -0.356 e. The van der Waals surface area contributed by atoms with E-state index >= 15 is 0 Å². The predicted octanol–water partition coefficient (Wildman–Crippen LogP) is 0.997. The summed E-state index contributed by atoms with van der Waals surface area (Å²) >= 11 is 0. The number of aromatic nitrogens is 2. The van der Waals surface area contributed by atoms with Crippen LogP contribution in [0, 0.1) is 0 Å². The molecule has 6 nitrogen and oxygen atoms in total. The van der Waals surface area contributed by atoms with Gasteiger partial charge in [-0.3, -0.25) is 14.6 Å². The molecule has 2 rings (SSSR count). The number of amides is 2. The third kappa shape index (κ3) is 4.01. The molecule has 1 N–H and O–H groups in total. The molecular weight excluding hydrogens is 256 g/mol. The Morgan fingerprint density at radius 3 is 2.80 bits per heavy atom. The van der Waals surface area contributed by atoms with Crippen LogP contribution < -0.4 is 5.32 Å². The normalized spacial score (nSPS) is 13.8. The van der Waals surface area contributed by atoms with Crippen molar-refractivity contribution in [1.29, 1.82) is 0 Å². The smallest absolute Gasteiger partial charge is 0.274 e. The van der Waals surface area contributed by atoms with Gasteiger partial charge in [-0.05, 0) is 19.3 Å². The lowest BCUT2D eigenvalue weighted by Gasteiger charge is -2.21. The Kier molecular flexibility index (Phi) is 5.03. The lowest BCUT2D eigenvalue weighted by atomic mass is 10.3. The SMILES string of the molecule is CCCNC(=O)CCN(C(=O)c1cnccn1)C1CC1. The highest BCUT2D eigenvalue weighted by atomic mass is 16.2. The van der Waals surface area contributed by atoms with Gasteiger partial charge in [0, 0.05) is 37.9 Å². The summed E-state index contributed by atoms with van der Waals surface area (Å²) in [5.74, 6) is -0.145. The zero-order valence-electron chi connectivity index (χ0n) is 11.7. The first-order chi connectivity index (χ1) is 9.72. The highest BCUT2D eigenvalue weighted by Gasteiger charge is 2.33. The molecule has 1 aromatic rings. The van der Waals surface area contributed by atoms with E-state index in [4.69, 9.17) is 0 Å². The van der Waals surface area contributed by atoms with E-state index in [1.54, 1.807) is 4.90 Å². The Balaban J connectivity index is 1.91. The Labute approximate surface area is 118 Å². The number of nitrogens with zero attached hydrogens (tertiary/aromatic N) is 3. The zero-order chi connectivity index (χ0) is 14.4. The van der Waals surface area contributed by atoms with Crippen LogP contribution in [0.5, 0.6) is 0 Å². The summed E-state index contributed by atoms with van der Waals surface area (Å²) < 4.78 is 0. The molecule has 0 aromatic carbocycles. The van der Waals surface area contributed by atoms with Crippen LogP contribution in [0.3, 0.4) is 0 Å². The molecule has 108 valence electrons. The van der Waals surface area contributed by atoms with E-state index in [0.717, 1.165) is 19.3 Å². The highest BCUT2D eigenvalue weighted by Crippen LogP contribution is 2.28. The molecule has 1 heterocycles. The molecule has 6 heteroatoms. The second kappa shape index (κ2) is 6.98. The number of rotatable bonds is 7. The van der Waals surface area contributed by atoms with E-state index < -0.39 is 0 Å². The van der Waals surface area contributed by atoms with E-state index in [2.05, 4.69) is 15.3 Å². The van der Waals surface area contributed by atoms with Gasteiger partial charge in [0.15, 0.2) is 0 Å². The van der Waals surface area contributed by atoms with Gasteiger partial charge in [0.1, 0.15) is 5.69 Å². The van der Waals surface area contributed by atoms with Crippen molar-refractivity contribution >= 4 is 11.8 Å². The van der Waals surface area contributed by atoms with E-state index in [0.29, 0.717) is 25.2 Å². The number of carbonyl (C=O) groups is 2. The van der Waals surface area contributed by atoms with Gasteiger partial charge in [0.2, 0.25) is 5.91 Å². The Morgan fingerprint density at radius 1 is 1.40 bits per heavy atom. The molecule has 0 bridgehead atoms. The molecule has 1 saturated carbocycles. The predicted molar refractivity (Wildman–Crippen MR) is 74.0 cm³/mol. The lowest BCUT2D eigenvalue weighted by molar-refractivity contribution is -0.121. The summed E-state index contributed by atoms with van der Waals surface area (Å²) in [6, 6.07) is 0.253. The average molecular weight is 276 g/mol. The van der Waals surface area contributed by atoms with Gasteiger partial charge in [-0.2, -0.15) is 0 Å². The molecule has 1 aliphatic rings. The fraction of sp³-hybridized carbons (Fsp3) is 0.571. The topological polar surface area (TPSA) is 75.2 Å². The van der Waals surface area contributed by atoms with Crippen molar-refractivity contribution < 1.29 is 9.59 Å². The summed E-state index contributed by atoms with van der Waals surface area (Å²) in [6.07, 6.45) is 7.77. The summed E-state index contributed by atoms with van der Waals surface area (Å²) in [5.41, 5.74) is 0.341. The second-order valence-corrected chi connectivity index (χ2v) is 4.92. The van der Waals surface area contributed by atoms with Crippen LogP contribution in [0.1, 0.15) is 43.1 Å². The molecular formula is C14H20N4O2. The minimum absolute atomic E-state index is 0.00977. The fourth-order valence-corrected chi connectivity index (χ4v) is 1.97. The van der Waals surface area contributed by atoms with Gasteiger partial charge in [-0.25, -0.2) is 4.98 Å². The van der Waals surface area contributed by atoms with Gasteiger partial charge in [0.25, 0.3) is 5.91 Å². The maximum Gasteiger partial charge on any atom is 0.274 e. The first kappa shape index (κ1) is 14.4. The maximum absolute atomic E-state index is 12.3. The van der Waals surface area contributed by atoms with Crippen molar-refractivity contribution in [3.05, 3.63) is 24.3 Å². The van der Waals surface area contributed by atoms with Crippen LogP contribution in [0.4, 0.5) is 0 Å². The van der Waals surface area contributed by atoms with Crippen molar-refractivity contribution in [3.63, 3.8) is 0 Å². The first-order valence-electron chi connectivity index (χ1n) is 7.06. The molecule has 0 unspecified atom stereocenters. The quantitative estimate of drug-likeness (QED) is 0.806. The number of carbonyl (C=O) groups excluding carboxylic acids is 2. The largest absolute Gasteiger partial charge is 0.356 e. The van der Waals surface area contributed by atoms with Crippen LogP contribution in [-0.2, 0) is 4.79 Å². The van der Waals surface area contributed by atoms with E-state index in [1.807, 2.05) is 6.92 Å². The van der Waals surface area contributed by atoms with Crippen LogP contribution in [0.25, 0.3) is 0 Å². The van der Waals surface area contributed by atoms with Crippen molar-refractivity contribution in [3.8, 4) is 0 Å². The zero-order valence-corrected chi connectivity index (χ0v) is 11.7. The van der Waals surface area contributed by atoms with Crippen molar-refractivity contribution in [2.75, 3.05) is 13.1 Å². The molecule has 0 saturated heterocycles. The Hall–Kier alpha value is -1.98.